The lowest BCUT2D eigenvalue weighted by Crippen LogP contribution is -2.27. The van der Waals surface area contributed by atoms with Gasteiger partial charge in [0.15, 0.2) is 5.82 Å². The molecule has 0 unspecified atom stereocenters. The van der Waals surface area contributed by atoms with Gasteiger partial charge in [-0.05, 0) is 24.3 Å². The zero-order valence-corrected chi connectivity index (χ0v) is 13.7. The highest BCUT2D eigenvalue weighted by Gasteiger charge is 2.09. The van der Waals surface area contributed by atoms with E-state index in [1.165, 1.54) is 15.8 Å². The minimum Gasteiger partial charge on any atom is -0.331 e. The number of carbonyl (C=O) groups excluding carboxylic acids is 2. The van der Waals surface area contributed by atoms with Gasteiger partial charge in [-0.2, -0.15) is 0 Å². The number of hydrogen-bond donors (Lipinski definition) is 2. The summed E-state index contributed by atoms with van der Waals surface area (Å²) < 4.78 is 2.28. The number of benzene rings is 1. The van der Waals surface area contributed by atoms with Crippen LogP contribution in [0.4, 0.5) is 16.3 Å². The fourth-order valence-corrected chi connectivity index (χ4v) is 1.80. The van der Waals surface area contributed by atoms with E-state index in [4.69, 9.17) is 0 Å². The zero-order chi connectivity index (χ0) is 16.1. The molecule has 0 radical (unpaired) electrons. The smallest absolute Gasteiger partial charge is 0.322 e. The van der Waals surface area contributed by atoms with E-state index in [1.54, 1.807) is 26.2 Å². The van der Waals surface area contributed by atoms with Crippen molar-refractivity contribution in [3.63, 3.8) is 0 Å². The van der Waals surface area contributed by atoms with Gasteiger partial charge in [0.25, 0.3) is 0 Å². The molecule has 0 saturated carbocycles. The van der Waals surface area contributed by atoms with Crippen molar-refractivity contribution in [1.29, 1.82) is 0 Å². The number of nitrogens with one attached hydrogen (secondary N) is 2. The maximum atomic E-state index is 11.9. The van der Waals surface area contributed by atoms with E-state index in [0.717, 1.165) is 4.47 Å². The van der Waals surface area contributed by atoms with E-state index in [2.05, 4.69) is 36.9 Å². The van der Waals surface area contributed by atoms with E-state index >= 15 is 0 Å². The van der Waals surface area contributed by atoms with Crippen molar-refractivity contribution in [2.75, 3.05) is 24.7 Å². The highest BCUT2D eigenvalue weighted by molar-refractivity contribution is 9.10. The number of carbonyl (C=O) groups is 2. The summed E-state index contributed by atoms with van der Waals surface area (Å²) in [5.41, 5.74) is 0.689. The molecular weight excluding hydrogens is 352 g/mol. The summed E-state index contributed by atoms with van der Waals surface area (Å²) in [4.78, 5) is 24.7. The van der Waals surface area contributed by atoms with Crippen molar-refractivity contribution in [3.8, 4) is 0 Å². The van der Waals surface area contributed by atoms with E-state index in [1.807, 2.05) is 12.1 Å². The second-order valence-corrected chi connectivity index (χ2v) is 5.60. The fourth-order valence-electron chi connectivity index (χ4n) is 1.54. The number of anilines is 2. The normalized spacial score (nSPS) is 10.1. The largest absolute Gasteiger partial charge is 0.331 e. The van der Waals surface area contributed by atoms with Crippen LogP contribution in [-0.4, -0.2) is 45.9 Å². The van der Waals surface area contributed by atoms with Gasteiger partial charge < -0.3 is 10.2 Å². The average molecular weight is 367 g/mol. The Kier molecular flexibility index (Phi) is 5.10. The molecule has 8 nitrogen and oxygen atoms in total. The molecule has 2 aromatic rings. The summed E-state index contributed by atoms with van der Waals surface area (Å²) >= 11 is 3.32. The van der Waals surface area contributed by atoms with Crippen LogP contribution in [0, 0.1) is 0 Å². The summed E-state index contributed by atoms with van der Waals surface area (Å²) in [6.45, 7) is 0.000892. The molecule has 0 spiro atoms. The Hall–Kier alpha value is -2.42. The van der Waals surface area contributed by atoms with Crippen LogP contribution in [0.5, 0.6) is 0 Å². The maximum absolute atomic E-state index is 11.9. The number of hydrogen-bond acceptors (Lipinski definition) is 4. The zero-order valence-electron chi connectivity index (χ0n) is 12.1. The number of halogens is 1. The molecule has 0 atom stereocenters. The number of nitrogens with zero attached hydrogens (tertiary/aromatic N) is 4. The van der Waals surface area contributed by atoms with Crippen molar-refractivity contribution in [3.05, 3.63) is 34.9 Å². The van der Waals surface area contributed by atoms with Gasteiger partial charge in [-0.1, -0.05) is 21.1 Å². The van der Waals surface area contributed by atoms with E-state index in [9.17, 15) is 9.59 Å². The van der Waals surface area contributed by atoms with Gasteiger partial charge in [0.2, 0.25) is 5.91 Å². The standard InChI is InChI=1S/C13H15BrN6O2/c1-19(2)13(22)16-11-7-20(18-17-11)8-12(21)15-10-5-3-9(14)4-6-10/h3-7H,8H2,1-2H3,(H,15,21)(H,16,22). The molecule has 1 heterocycles. The molecule has 0 aliphatic heterocycles. The van der Waals surface area contributed by atoms with Crippen LogP contribution in [-0.2, 0) is 11.3 Å². The molecule has 1 aromatic heterocycles. The average Bonchev–Trinajstić information content (AvgIpc) is 2.88. The minimum atomic E-state index is -0.314. The highest BCUT2D eigenvalue weighted by Crippen LogP contribution is 2.14. The van der Waals surface area contributed by atoms with Gasteiger partial charge in [-0.15, -0.1) is 5.10 Å². The van der Waals surface area contributed by atoms with E-state index in [-0.39, 0.29) is 24.3 Å². The van der Waals surface area contributed by atoms with Crippen LogP contribution in [0.3, 0.4) is 0 Å². The molecule has 2 rings (SSSR count). The Morgan fingerprint density at radius 2 is 1.91 bits per heavy atom. The Bertz CT molecular complexity index is 667. The molecule has 0 fully saturated rings. The lowest BCUT2D eigenvalue weighted by molar-refractivity contribution is -0.116. The van der Waals surface area contributed by atoms with Crippen LogP contribution in [0.1, 0.15) is 0 Å². The predicted molar refractivity (Wildman–Crippen MR) is 85.5 cm³/mol. The third-order valence-electron chi connectivity index (χ3n) is 2.61. The molecule has 2 N–H and O–H groups in total. The summed E-state index contributed by atoms with van der Waals surface area (Å²) in [5, 5.41) is 12.9. The molecule has 0 aliphatic carbocycles. The topological polar surface area (TPSA) is 92.2 Å². The number of aromatic nitrogens is 3. The molecular formula is C13H15BrN6O2. The van der Waals surface area contributed by atoms with E-state index < -0.39 is 0 Å². The van der Waals surface area contributed by atoms with Crippen molar-refractivity contribution < 1.29 is 9.59 Å². The SMILES string of the molecule is CN(C)C(=O)Nc1cn(CC(=O)Nc2ccc(Br)cc2)nn1. The first kappa shape index (κ1) is 16.0. The summed E-state index contributed by atoms with van der Waals surface area (Å²) in [5.74, 6) is 0.0489. The lowest BCUT2D eigenvalue weighted by atomic mass is 10.3. The third-order valence-corrected chi connectivity index (χ3v) is 3.14. The predicted octanol–water partition coefficient (Wildman–Crippen LogP) is 1.77. The molecule has 9 heteroatoms. The molecule has 1 aromatic carbocycles. The Balaban J connectivity index is 1.90. The van der Waals surface area contributed by atoms with Crippen molar-refractivity contribution in [2.24, 2.45) is 0 Å². The van der Waals surface area contributed by atoms with Gasteiger partial charge in [-0.3, -0.25) is 10.1 Å². The van der Waals surface area contributed by atoms with Crippen LogP contribution < -0.4 is 10.6 Å². The van der Waals surface area contributed by atoms with Crippen molar-refractivity contribution >= 4 is 39.4 Å². The molecule has 0 aliphatic rings. The highest BCUT2D eigenvalue weighted by atomic mass is 79.9. The van der Waals surface area contributed by atoms with Gasteiger partial charge in [-0.25, -0.2) is 9.48 Å². The first-order valence-electron chi connectivity index (χ1n) is 6.38. The number of rotatable bonds is 4. The molecule has 0 saturated heterocycles. The van der Waals surface area contributed by atoms with Crippen molar-refractivity contribution in [1.82, 2.24) is 19.9 Å². The first-order chi connectivity index (χ1) is 10.4. The molecule has 3 amide bonds. The fraction of sp³-hybridized carbons (Fsp3) is 0.231. The Labute approximate surface area is 135 Å². The van der Waals surface area contributed by atoms with Crippen LogP contribution in [0.25, 0.3) is 0 Å². The number of urea groups is 1. The third kappa shape index (κ3) is 4.55. The first-order valence-corrected chi connectivity index (χ1v) is 7.17. The maximum Gasteiger partial charge on any atom is 0.322 e. The lowest BCUT2D eigenvalue weighted by Gasteiger charge is -2.09. The second kappa shape index (κ2) is 7.03. The quantitative estimate of drug-likeness (QED) is 0.862. The van der Waals surface area contributed by atoms with Crippen LogP contribution in [0.15, 0.2) is 34.9 Å². The van der Waals surface area contributed by atoms with Gasteiger partial charge in [0.1, 0.15) is 6.54 Å². The second-order valence-electron chi connectivity index (χ2n) is 4.68. The Morgan fingerprint density at radius 1 is 1.23 bits per heavy atom. The summed E-state index contributed by atoms with van der Waals surface area (Å²) in [7, 11) is 3.23. The Morgan fingerprint density at radius 3 is 2.55 bits per heavy atom. The molecule has 116 valence electrons. The van der Waals surface area contributed by atoms with Gasteiger partial charge >= 0.3 is 6.03 Å². The summed E-state index contributed by atoms with van der Waals surface area (Å²) in [6, 6.07) is 6.92. The van der Waals surface area contributed by atoms with Crippen molar-refractivity contribution in [2.45, 2.75) is 6.54 Å². The molecule has 22 heavy (non-hydrogen) atoms. The minimum absolute atomic E-state index is 0.000892. The monoisotopic (exact) mass is 366 g/mol. The summed E-state index contributed by atoms with van der Waals surface area (Å²) in [6.07, 6.45) is 1.49. The van der Waals surface area contributed by atoms with Gasteiger partial charge in [0.05, 0.1) is 6.20 Å². The van der Waals surface area contributed by atoms with Crippen LogP contribution >= 0.6 is 15.9 Å². The van der Waals surface area contributed by atoms with Crippen LogP contribution in [0.2, 0.25) is 0 Å². The molecule has 0 bridgehead atoms. The number of amides is 3. The van der Waals surface area contributed by atoms with E-state index in [0.29, 0.717) is 5.69 Å². The van der Waals surface area contributed by atoms with Gasteiger partial charge in [0, 0.05) is 24.3 Å².